The number of hydrogen-bond acceptors (Lipinski definition) is 2. The Balaban J connectivity index is 2.90. The highest BCUT2D eigenvalue weighted by Crippen LogP contribution is 2.24. The minimum Gasteiger partial charge on any atom is -0.404 e. The number of aromatic nitrogens is 1. The normalized spacial score (nSPS) is 11.5. The topological polar surface area (TPSA) is 22.1 Å². The smallest absolute Gasteiger partial charge is 0.404 e. The van der Waals surface area contributed by atoms with Crippen LogP contribution in [-0.2, 0) is 0 Å². The van der Waals surface area contributed by atoms with Crippen LogP contribution in [0.5, 0.6) is 5.75 Å². The van der Waals surface area contributed by atoms with Gasteiger partial charge in [-0.3, -0.25) is 0 Å². The Kier molecular flexibility index (Phi) is 2.40. The van der Waals surface area contributed by atoms with Crippen LogP contribution in [0.25, 0.3) is 0 Å². The van der Waals surface area contributed by atoms with Crippen molar-refractivity contribution in [2.45, 2.75) is 13.3 Å². The van der Waals surface area contributed by atoms with Crippen molar-refractivity contribution in [2.24, 2.45) is 0 Å². The first-order valence-corrected chi connectivity index (χ1v) is 3.27. The number of aryl methyl sites for hydroxylation is 1. The van der Waals surface area contributed by atoms with Crippen molar-refractivity contribution in [1.29, 1.82) is 0 Å². The molecule has 13 heavy (non-hydrogen) atoms. The molecule has 0 spiro atoms. The van der Waals surface area contributed by atoms with Gasteiger partial charge in [0.05, 0.1) is 5.69 Å². The van der Waals surface area contributed by atoms with Crippen molar-refractivity contribution in [1.82, 2.24) is 4.98 Å². The first-order chi connectivity index (χ1) is 5.88. The van der Waals surface area contributed by atoms with Crippen LogP contribution in [0.4, 0.5) is 17.6 Å². The van der Waals surface area contributed by atoms with Gasteiger partial charge in [-0.15, -0.1) is 13.2 Å². The molecule has 6 heteroatoms. The molecule has 0 atom stereocenters. The van der Waals surface area contributed by atoms with Gasteiger partial charge in [0.2, 0.25) is 5.95 Å². The number of halogens is 4. The van der Waals surface area contributed by atoms with Crippen LogP contribution in [0.3, 0.4) is 0 Å². The van der Waals surface area contributed by atoms with Gasteiger partial charge in [-0.1, -0.05) is 0 Å². The summed E-state index contributed by atoms with van der Waals surface area (Å²) < 4.78 is 50.9. The summed E-state index contributed by atoms with van der Waals surface area (Å²) in [4.78, 5) is 3.17. The minimum atomic E-state index is -4.77. The molecule has 0 fully saturated rings. The zero-order valence-electron chi connectivity index (χ0n) is 6.52. The molecular formula is C7H5F4NO. The number of pyridine rings is 1. The molecule has 1 rings (SSSR count). The Morgan fingerprint density at radius 2 is 1.92 bits per heavy atom. The quantitative estimate of drug-likeness (QED) is 0.507. The lowest BCUT2D eigenvalue weighted by molar-refractivity contribution is -0.275. The molecule has 0 N–H and O–H groups in total. The summed E-state index contributed by atoms with van der Waals surface area (Å²) in [6, 6.07) is 1.68. The molecule has 0 saturated heterocycles. The molecule has 0 unspecified atom stereocenters. The summed E-state index contributed by atoms with van der Waals surface area (Å²) in [6.45, 7) is 1.23. The van der Waals surface area contributed by atoms with E-state index in [-0.39, 0.29) is 5.69 Å². The van der Waals surface area contributed by atoms with Gasteiger partial charge in [-0.2, -0.15) is 4.39 Å². The third kappa shape index (κ3) is 2.89. The molecule has 2 nitrogen and oxygen atoms in total. The second-order valence-corrected chi connectivity index (χ2v) is 2.27. The fourth-order valence-corrected chi connectivity index (χ4v) is 0.750. The first-order valence-electron chi connectivity index (χ1n) is 3.27. The SMILES string of the molecule is Cc1nc(F)ccc1OC(F)(F)F. The lowest BCUT2D eigenvalue weighted by Gasteiger charge is -2.09. The zero-order valence-corrected chi connectivity index (χ0v) is 6.52. The van der Waals surface area contributed by atoms with Crippen LogP contribution in [0, 0.1) is 12.9 Å². The average Bonchev–Trinajstić information content (AvgIpc) is 1.93. The maximum atomic E-state index is 12.3. The van der Waals surface area contributed by atoms with Gasteiger partial charge in [0, 0.05) is 0 Å². The first kappa shape index (κ1) is 9.76. The van der Waals surface area contributed by atoms with E-state index in [9.17, 15) is 17.6 Å². The zero-order chi connectivity index (χ0) is 10.1. The van der Waals surface area contributed by atoms with Gasteiger partial charge >= 0.3 is 6.36 Å². The summed E-state index contributed by atoms with van der Waals surface area (Å²) in [7, 11) is 0. The predicted molar refractivity (Wildman–Crippen MR) is 35.6 cm³/mol. The molecule has 0 amide bonds. The van der Waals surface area contributed by atoms with E-state index in [0.717, 1.165) is 12.1 Å². The van der Waals surface area contributed by atoms with Gasteiger partial charge in [0.1, 0.15) is 0 Å². The van der Waals surface area contributed by atoms with Crippen LogP contribution in [-0.4, -0.2) is 11.3 Å². The summed E-state index contributed by atoms with van der Waals surface area (Å²) in [5.74, 6) is -1.33. The molecule has 0 bridgehead atoms. The standard InChI is InChI=1S/C7H5F4NO/c1-4-5(13-7(9,10)11)2-3-6(8)12-4/h2-3H,1H3. The number of alkyl halides is 3. The Labute approximate surface area is 71.2 Å². The summed E-state index contributed by atoms with van der Waals surface area (Å²) in [5.41, 5.74) is -0.141. The van der Waals surface area contributed by atoms with Gasteiger partial charge in [-0.25, -0.2) is 4.98 Å². The maximum Gasteiger partial charge on any atom is 0.573 e. The maximum absolute atomic E-state index is 12.3. The van der Waals surface area contributed by atoms with E-state index < -0.39 is 18.1 Å². The molecule has 1 heterocycles. The summed E-state index contributed by atoms with van der Waals surface area (Å²) >= 11 is 0. The van der Waals surface area contributed by atoms with Crippen molar-refractivity contribution < 1.29 is 22.3 Å². The lowest BCUT2D eigenvalue weighted by Crippen LogP contribution is -2.18. The highest BCUT2D eigenvalue weighted by Gasteiger charge is 2.31. The molecule has 1 aromatic rings. The Morgan fingerprint density at radius 1 is 1.31 bits per heavy atom. The summed E-state index contributed by atoms with van der Waals surface area (Å²) in [6.07, 6.45) is -4.77. The lowest BCUT2D eigenvalue weighted by atomic mass is 10.3. The van der Waals surface area contributed by atoms with Gasteiger partial charge in [0.25, 0.3) is 0 Å². The third-order valence-corrected chi connectivity index (χ3v) is 1.23. The monoisotopic (exact) mass is 195 g/mol. The second kappa shape index (κ2) is 3.20. The van der Waals surface area contributed by atoms with Crippen LogP contribution in [0.1, 0.15) is 5.69 Å². The van der Waals surface area contributed by atoms with Crippen LogP contribution >= 0.6 is 0 Å². The highest BCUT2D eigenvalue weighted by molar-refractivity contribution is 5.25. The molecule has 0 aliphatic carbocycles. The molecule has 72 valence electrons. The van der Waals surface area contributed by atoms with Crippen LogP contribution < -0.4 is 4.74 Å². The summed E-state index contributed by atoms with van der Waals surface area (Å²) in [5, 5.41) is 0. The van der Waals surface area contributed by atoms with Gasteiger partial charge in [-0.05, 0) is 19.1 Å². The third-order valence-electron chi connectivity index (χ3n) is 1.23. The van der Waals surface area contributed by atoms with Gasteiger partial charge < -0.3 is 4.74 Å². The van der Waals surface area contributed by atoms with Crippen LogP contribution in [0.15, 0.2) is 12.1 Å². The van der Waals surface area contributed by atoms with Crippen molar-refractivity contribution in [3.05, 3.63) is 23.8 Å². The Morgan fingerprint density at radius 3 is 2.38 bits per heavy atom. The predicted octanol–water partition coefficient (Wildman–Crippen LogP) is 2.43. The second-order valence-electron chi connectivity index (χ2n) is 2.27. The Hall–Kier alpha value is -1.33. The van der Waals surface area contributed by atoms with Crippen molar-refractivity contribution in [3.8, 4) is 5.75 Å². The van der Waals surface area contributed by atoms with E-state index in [1.807, 2.05) is 0 Å². The molecule has 1 aromatic heterocycles. The molecule has 0 radical (unpaired) electrons. The fraction of sp³-hybridized carbons (Fsp3) is 0.286. The average molecular weight is 195 g/mol. The van der Waals surface area contributed by atoms with Crippen molar-refractivity contribution in [2.75, 3.05) is 0 Å². The van der Waals surface area contributed by atoms with E-state index in [1.54, 1.807) is 0 Å². The molecule has 0 saturated carbocycles. The Bertz CT molecular complexity index is 310. The van der Waals surface area contributed by atoms with E-state index >= 15 is 0 Å². The minimum absolute atomic E-state index is 0.141. The number of nitrogens with zero attached hydrogens (tertiary/aromatic N) is 1. The molecule has 0 aliphatic rings. The largest absolute Gasteiger partial charge is 0.573 e. The van der Waals surface area contributed by atoms with E-state index in [1.165, 1.54) is 6.92 Å². The molecule has 0 aromatic carbocycles. The number of hydrogen-bond donors (Lipinski definition) is 0. The van der Waals surface area contributed by atoms with E-state index in [0.29, 0.717) is 0 Å². The van der Waals surface area contributed by atoms with Crippen molar-refractivity contribution in [3.63, 3.8) is 0 Å². The fourth-order valence-electron chi connectivity index (χ4n) is 0.750. The van der Waals surface area contributed by atoms with Gasteiger partial charge in [0.15, 0.2) is 5.75 Å². The molecular weight excluding hydrogens is 190 g/mol. The van der Waals surface area contributed by atoms with E-state index in [4.69, 9.17) is 0 Å². The highest BCUT2D eigenvalue weighted by atomic mass is 19.4. The number of rotatable bonds is 1. The molecule has 0 aliphatic heterocycles. The van der Waals surface area contributed by atoms with Crippen LogP contribution in [0.2, 0.25) is 0 Å². The van der Waals surface area contributed by atoms with E-state index in [2.05, 4.69) is 9.72 Å². The van der Waals surface area contributed by atoms with Crippen molar-refractivity contribution >= 4 is 0 Å². The number of ether oxygens (including phenoxy) is 1.